The van der Waals surface area contributed by atoms with Gasteiger partial charge in [-0.05, 0) is 19.3 Å². The number of hydrogen-bond acceptors (Lipinski definition) is 8. The van der Waals surface area contributed by atoms with Crippen LogP contribution in [0.5, 0.6) is 0 Å². The van der Waals surface area contributed by atoms with Crippen LogP contribution in [0.2, 0.25) is 0 Å². The monoisotopic (exact) mass is 362 g/mol. The van der Waals surface area contributed by atoms with Crippen molar-refractivity contribution in [3.05, 3.63) is 0 Å². The SMILES string of the molecule is CN(C(=O)CSc1nnc(NC2CC2)s1)[C@H]1CCS(=O)(=O)C1. The summed E-state index contributed by atoms with van der Waals surface area (Å²) in [6.45, 7) is 0. The number of rotatable bonds is 6. The van der Waals surface area contributed by atoms with E-state index in [1.807, 2.05) is 0 Å². The van der Waals surface area contributed by atoms with E-state index in [2.05, 4.69) is 15.5 Å². The summed E-state index contributed by atoms with van der Waals surface area (Å²) in [5.41, 5.74) is 0. The number of hydrogen-bond donors (Lipinski definition) is 1. The molecule has 22 heavy (non-hydrogen) atoms. The minimum Gasteiger partial charge on any atom is -0.357 e. The van der Waals surface area contributed by atoms with Crippen molar-refractivity contribution in [3.8, 4) is 0 Å². The third kappa shape index (κ3) is 4.11. The first-order valence-electron chi connectivity index (χ1n) is 7.12. The van der Waals surface area contributed by atoms with Crippen LogP contribution in [0.15, 0.2) is 4.34 Å². The van der Waals surface area contributed by atoms with E-state index in [0.29, 0.717) is 12.5 Å². The quantitative estimate of drug-likeness (QED) is 0.750. The number of anilines is 1. The van der Waals surface area contributed by atoms with Crippen molar-refractivity contribution in [3.63, 3.8) is 0 Å². The van der Waals surface area contributed by atoms with Crippen LogP contribution in [0.3, 0.4) is 0 Å². The average Bonchev–Trinajstić information content (AvgIpc) is 3.04. The molecular formula is C12H18N4O3S3. The molecule has 0 radical (unpaired) electrons. The molecule has 2 aliphatic rings. The first-order chi connectivity index (χ1) is 10.4. The molecule has 122 valence electrons. The first-order valence-corrected chi connectivity index (χ1v) is 10.7. The average molecular weight is 363 g/mol. The molecule has 1 amide bonds. The molecule has 2 heterocycles. The van der Waals surface area contributed by atoms with Gasteiger partial charge in [-0.15, -0.1) is 10.2 Å². The van der Waals surface area contributed by atoms with Crippen LogP contribution in [0.25, 0.3) is 0 Å². The molecule has 1 aromatic rings. The fraction of sp³-hybridized carbons (Fsp3) is 0.750. The maximum absolute atomic E-state index is 12.2. The number of sulfone groups is 1. The van der Waals surface area contributed by atoms with Gasteiger partial charge in [0.2, 0.25) is 11.0 Å². The Labute approximate surface area is 137 Å². The highest BCUT2D eigenvalue weighted by atomic mass is 32.2. The van der Waals surface area contributed by atoms with Gasteiger partial charge in [0.25, 0.3) is 0 Å². The van der Waals surface area contributed by atoms with Gasteiger partial charge < -0.3 is 10.2 Å². The van der Waals surface area contributed by atoms with Crippen LogP contribution >= 0.6 is 23.1 Å². The van der Waals surface area contributed by atoms with Crippen LogP contribution in [0.4, 0.5) is 5.13 Å². The first kappa shape index (κ1) is 16.0. The maximum Gasteiger partial charge on any atom is 0.233 e. The smallest absolute Gasteiger partial charge is 0.233 e. The van der Waals surface area contributed by atoms with Crippen LogP contribution < -0.4 is 5.32 Å². The van der Waals surface area contributed by atoms with Gasteiger partial charge in [-0.3, -0.25) is 4.79 Å². The summed E-state index contributed by atoms with van der Waals surface area (Å²) in [5.74, 6) is 0.438. The van der Waals surface area contributed by atoms with Gasteiger partial charge in [0.05, 0.1) is 17.3 Å². The Morgan fingerprint density at radius 2 is 2.18 bits per heavy atom. The molecule has 0 spiro atoms. The van der Waals surface area contributed by atoms with E-state index in [-0.39, 0.29) is 29.2 Å². The molecule has 1 saturated carbocycles. The number of carbonyl (C=O) groups is 1. The van der Waals surface area contributed by atoms with Crippen molar-refractivity contribution in [2.24, 2.45) is 0 Å². The Hall–Kier alpha value is -0.870. The van der Waals surface area contributed by atoms with Gasteiger partial charge in [0.1, 0.15) is 0 Å². The summed E-state index contributed by atoms with van der Waals surface area (Å²) in [6, 6.07) is 0.336. The highest BCUT2D eigenvalue weighted by Crippen LogP contribution is 2.30. The zero-order valence-corrected chi connectivity index (χ0v) is 14.6. The molecule has 1 N–H and O–H groups in total. The Morgan fingerprint density at radius 3 is 2.82 bits per heavy atom. The zero-order valence-electron chi connectivity index (χ0n) is 12.2. The second-order valence-corrected chi connectivity index (χ2v) is 10.1. The summed E-state index contributed by atoms with van der Waals surface area (Å²) < 4.78 is 23.7. The molecule has 0 unspecified atom stereocenters. The number of nitrogens with one attached hydrogen (secondary N) is 1. The van der Waals surface area contributed by atoms with Gasteiger partial charge >= 0.3 is 0 Å². The summed E-state index contributed by atoms with van der Waals surface area (Å²) >= 11 is 2.80. The molecule has 1 atom stereocenters. The van der Waals surface area contributed by atoms with Crippen molar-refractivity contribution in [2.75, 3.05) is 29.6 Å². The number of carbonyl (C=O) groups excluding carboxylic acids is 1. The lowest BCUT2D eigenvalue weighted by Crippen LogP contribution is -2.38. The molecule has 1 saturated heterocycles. The van der Waals surface area contributed by atoms with E-state index in [1.165, 1.54) is 35.9 Å². The molecule has 7 nitrogen and oxygen atoms in total. The lowest BCUT2D eigenvalue weighted by molar-refractivity contribution is -0.128. The molecule has 0 bridgehead atoms. The van der Waals surface area contributed by atoms with E-state index in [9.17, 15) is 13.2 Å². The summed E-state index contributed by atoms with van der Waals surface area (Å²) in [6.07, 6.45) is 2.88. The predicted molar refractivity (Wildman–Crippen MR) is 87.1 cm³/mol. The van der Waals surface area contributed by atoms with Gasteiger partial charge in [0, 0.05) is 19.1 Å². The van der Waals surface area contributed by atoms with Crippen molar-refractivity contribution in [2.45, 2.75) is 35.7 Å². The summed E-state index contributed by atoms with van der Waals surface area (Å²) in [5, 5.41) is 12.2. The number of thioether (sulfide) groups is 1. The van der Waals surface area contributed by atoms with E-state index >= 15 is 0 Å². The molecule has 3 rings (SSSR count). The van der Waals surface area contributed by atoms with Crippen LogP contribution in [0, 0.1) is 0 Å². The second-order valence-electron chi connectivity index (χ2n) is 5.64. The largest absolute Gasteiger partial charge is 0.357 e. The molecule has 2 fully saturated rings. The number of aromatic nitrogens is 2. The highest BCUT2D eigenvalue weighted by molar-refractivity contribution is 8.01. The molecular weight excluding hydrogens is 344 g/mol. The lowest BCUT2D eigenvalue weighted by Gasteiger charge is -2.22. The predicted octanol–water partition coefficient (Wildman–Crippen LogP) is 0.850. The van der Waals surface area contributed by atoms with Crippen molar-refractivity contribution >= 4 is 44.0 Å². The van der Waals surface area contributed by atoms with Crippen molar-refractivity contribution in [1.82, 2.24) is 15.1 Å². The Kier molecular flexibility index (Phi) is 4.60. The van der Waals surface area contributed by atoms with Crippen LogP contribution in [-0.2, 0) is 14.6 Å². The maximum atomic E-state index is 12.2. The molecule has 1 aliphatic heterocycles. The molecule has 1 aromatic heterocycles. The van der Waals surface area contributed by atoms with Gasteiger partial charge in [-0.1, -0.05) is 23.1 Å². The standard InChI is InChI=1S/C12H18N4O3S3/c1-16(9-4-5-22(18,19)7-9)10(17)6-20-12-15-14-11(21-12)13-8-2-3-8/h8-9H,2-7H2,1H3,(H,13,14)/t9-/m0/s1. The van der Waals surface area contributed by atoms with Crippen molar-refractivity contribution in [1.29, 1.82) is 0 Å². The second kappa shape index (κ2) is 6.32. The zero-order chi connectivity index (χ0) is 15.7. The fourth-order valence-corrected chi connectivity index (χ4v) is 5.77. The Balaban J connectivity index is 1.48. The van der Waals surface area contributed by atoms with Gasteiger partial charge in [-0.2, -0.15) is 0 Å². The van der Waals surface area contributed by atoms with Crippen LogP contribution in [0.1, 0.15) is 19.3 Å². The van der Waals surface area contributed by atoms with Crippen LogP contribution in [-0.4, -0.2) is 65.8 Å². The highest BCUT2D eigenvalue weighted by Gasteiger charge is 2.32. The van der Waals surface area contributed by atoms with E-state index in [4.69, 9.17) is 0 Å². The molecule has 10 heteroatoms. The van der Waals surface area contributed by atoms with Gasteiger partial charge in [0.15, 0.2) is 14.2 Å². The number of amides is 1. The number of nitrogens with zero attached hydrogens (tertiary/aromatic N) is 3. The molecule has 1 aliphatic carbocycles. The molecule has 0 aromatic carbocycles. The Morgan fingerprint density at radius 1 is 1.41 bits per heavy atom. The topological polar surface area (TPSA) is 92.3 Å². The van der Waals surface area contributed by atoms with E-state index < -0.39 is 9.84 Å². The fourth-order valence-electron chi connectivity index (χ4n) is 2.24. The van der Waals surface area contributed by atoms with E-state index in [0.717, 1.165) is 9.47 Å². The van der Waals surface area contributed by atoms with Crippen molar-refractivity contribution < 1.29 is 13.2 Å². The minimum atomic E-state index is -2.97. The minimum absolute atomic E-state index is 0.0704. The third-order valence-corrected chi connectivity index (χ3v) is 7.50. The normalized spacial score (nSPS) is 23.4. The lowest BCUT2D eigenvalue weighted by atomic mass is 10.2. The Bertz CT molecular complexity index is 656. The summed E-state index contributed by atoms with van der Waals surface area (Å²) in [4.78, 5) is 13.7. The third-order valence-electron chi connectivity index (χ3n) is 3.78. The van der Waals surface area contributed by atoms with E-state index in [1.54, 1.807) is 11.9 Å². The summed E-state index contributed by atoms with van der Waals surface area (Å²) in [7, 11) is -1.30. The van der Waals surface area contributed by atoms with Gasteiger partial charge in [-0.25, -0.2) is 8.42 Å².